The number of nitrogen functional groups attached to an aromatic ring is 1. The van der Waals surface area contributed by atoms with Crippen molar-refractivity contribution >= 4 is 39.7 Å². The van der Waals surface area contributed by atoms with E-state index in [2.05, 4.69) is 11.9 Å². The molecule has 3 nitrogen and oxygen atoms in total. The molecule has 0 aromatic heterocycles. The van der Waals surface area contributed by atoms with E-state index >= 15 is 0 Å². The van der Waals surface area contributed by atoms with Crippen LogP contribution in [0.5, 0.6) is 5.75 Å². The van der Waals surface area contributed by atoms with Crippen molar-refractivity contribution in [3.8, 4) is 5.75 Å². The van der Waals surface area contributed by atoms with Gasteiger partial charge in [0, 0.05) is 6.07 Å². The highest BCUT2D eigenvalue weighted by atomic mass is 127. The standard InChI is InChI=1S/C15H13F2IN2O/c1-2-7-21-15-13(17)12(8-9(16)14(15)18)20-11-6-4-3-5-10(11)19/h2-6,8,20H,1,7,19H2. The lowest BCUT2D eigenvalue weighted by Gasteiger charge is -2.14. The highest BCUT2D eigenvalue weighted by Gasteiger charge is 2.18. The summed E-state index contributed by atoms with van der Waals surface area (Å²) in [7, 11) is 0. The van der Waals surface area contributed by atoms with E-state index in [4.69, 9.17) is 10.5 Å². The number of halogens is 3. The van der Waals surface area contributed by atoms with Crippen LogP contribution in [-0.4, -0.2) is 6.61 Å². The number of benzene rings is 2. The Morgan fingerprint density at radius 1 is 1.29 bits per heavy atom. The van der Waals surface area contributed by atoms with E-state index < -0.39 is 11.6 Å². The molecule has 110 valence electrons. The minimum Gasteiger partial charge on any atom is -0.485 e. The van der Waals surface area contributed by atoms with E-state index in [0.29, 0.717) is 11.4 Å². The molecule has 0 unspecified atom stereocenters. The van der Waals surface area contributed by atoms with Gasteiger partial charge in [-0.15, -0.1) is 0 Å². The molecule has 0 aliphatic carbocycles. The first-order valence-electron chi connectivity index (χ1n) is 6.07. The van der Waals surface area contributed by atoms with Crippen molar-refractivity contribution in [2.24, 2.45) is 0 Å². The summed E-state index contributed by atoms with van der Waals surface area (Å²) in [5, 5.41) is 2.78. The van der Waals surface area contributed by atoms with Crippen molar-refractivity contribution in [3.05, 3.63) is 58.2 Å². The molecule has 2 rings (SSSR count). The van der Waals surface area contributed by atoms with Crippen molar-refractivity contribution < 1.29 is 13.5 Å². The Morgan fingerprint density at radius 3 is 2.67 bits per heavy atom. The second-order valence-electron chi connectivity index (χ2n) is 4.17. The third-order valence-electron chi connectivity index (χ3n) is 2.69. The van der Waals surface area contributed by atoms with Crippen LogP contribution < -0.4 is 15.8 Å². The number of para-hydroxylation sites is 2. The van der Waals surface area contributed by atoms with Crippen LogP contribution in [0, 0.1) is 15.2 Å². The topological polar surface area (TPSA) is 47.3 Å². The first-order valence-corrected chi connectivity index (χ1v) is 7.15. The molecule has 2 aromatic rings. The Labute approximate surface area is 134 Å². The van der Waals surface area contributed by atoms with Crippen molar-refractivity contribution in [3.63, 3.8) is 0 Å². The monoisotopic (exact) mass is 402 g/mol. The summed E-state index contributed by atoms with van der Waals surface area (Å²) in [5.41, 5.74) is 6.67. The van der Waals surface area contributed by atoms with Gasteiger partial charge in [0.05, 0.1) is 20.6 Å². The normalized spacial score (nSPS) is 10.2. The molecule has 0 aliphatic rings. The van der Waals surface area contributed by atoms with Crippen LogP contribution >= 0.6 is 22.6 Å². The summed E-state index contributed by atoms with van der Waals surface area (Å²) in [6.45, 7) is 3.57. The minimum absolute atomic E-state index is 0.0371. The number of ether oxygens (including phenoxy) is 1. The molecule has 3 N–H and O–H groups in total. The van der Waals surface area contributed by atoms with Crippen LogP contribution in [0.2, 0.25) is 0 Å². The largest absolute Gasteiger partial charge is 0.485 e. The molecule has 21 heavy (non-hydrogen) atoms. The molecule has 0 heterocycles. The van der Waals surface area contributed by atoms with Crippen molar-refractivity contribution in [2.45, 2.75) is 0 Å². The Bertz CT molecular complexity index is 677. The molecule has 0 spiro atoms. The summed E-state index contributed by atoms with van der Waals surface area (Å²) in [6, 6.07) is 7.91. The fraction of sp³-hybridized carbons (Fsp3) is 0.0667. The van der Waals surface area contributed by atoms with E-state index in [1.807, 2.05) is 0 Å². The average molecular weight is 402 g/mol. The molecule has 0 radical (unpaired) electrons. The Morgan fingerprint density at radius 2 is 2.00 bits per heavy atom. The van der Waals surface area contributed by atoms with Gasteiger partial charge in [-0.2, -0.15) is 0 Å². The minimum atomic E-state index is -0.675. The third-order valence-corrected chi connectivity index (χ3v) is 3.70. The molecule has 6 heteroatoms. The molecule has 0 saturated carbocycles. The molecular formula is C15H13F2IN2O. The Kier molecular flexibility index (Phi) is 5.00. The second-order valence-corrected chi connectivity index (χ2v) is 5.25. The summed E-state index contributed by atoms with van der Waals surface area (Å²) in [6.07, 6.45) is 1.46. The Balaban J connectivity index is 2.42. The molecule has 0 bridgehead atoms. The maximum atomic E-state index is 14.4. The van der Waals surface area contributed by atoms with Gasteiger partial charge in [-0.25, -0.2) is 8.78 Å². The summed E-state index contributed by atoms with van der Waals surface area (Å²) in [5.74, 6) is -1.40. The van der Waals surface area contributed by atoms with Crippen molar-refractivity contribution in [1.29, 1.82) is 0 Å². The lowest BCUT2D eigenvalue weighted by Crippen LogP contribution is -2.05. The predicted molar refractivity (Wildman–Crippen MR) is 88.9 cm³/mol. The summed E-state index contributed by atoms with van der Waals surface area (Å²) < 4.78 is 33.6. The molecule has 0 aliphatic heterocycles. The number of nitrogens with one attached hydrogen (secondary N) is 1. The number of rotatable bonds is 5. The smallest absolute Gasteiger partial charge is 0.189 e. The van der Waals surface area contributed by atoms with Gasteiger partial charge in [0.2, 0.25) is 0 Å². The van der Waals surface area contributed by atoms with E-state index in [1.54, 1.807) is 46.9 Å². The van der Waals surface area contributed by atoms with Gasteiger partial charge in [0.15, 0.2) is 11.6 Å². The summed E-state index contributed by atoms with van der Waals surface area (Å²) in [4.78, 5) is 0. The van der Waals surface area contributed by atoms with Gasteiger partial charge in [-0.05, 0) is 34.7 Å². The van der Waals surface area contributed by atoms with E-state index in [1.165, 1.54) is 6.08 Å². The van der Waals surface area contributed by atoms with E-state index in [-0.39, 0.29) is 21.6 Å². The van der Waals surface area contributed by atoms with Gasteiger partial charge in [-0.1, -0.05) is 24.8 Å². The molecule has 0 atom stereocenters. The fourth-order valence-corrected chi connectivity index (χ4v) is 2.24. The van der Waals surface area contributed by atoms with Gasteiger partial charge >= 0.3 is 0 Å². The molecule has 0 amide bonds. The lowest BCUT2D eigenvalue weighted by molar-refractivity contribution is 0.337. The second kappa shape index (κ2) is 6.75. The molecule has 2 aromatic carbocycles. The highest BCUT2D eigenvalue weighted by molar-refractivity contribution is 14.1. The van der Waals surface area contributed by atoms with Crippen molar-refractivity contribution in [1.82, 2.24) is 0 Å². The predicted octanol–water partition coefficient (Wildman–Crippen LogP) is 4.46. The van der Waals surface area contributed by atoms with Crippen LogP contribution in [0.1, 0.15) is 0 Å². The van der Waals surface area contributed by atoms with Crippen LogP contribution in [0.4, 0.5) is 25.8 Å². The Hall–Kier alpha value is -1.83. The zero-order chi connectivity index (χ0) is 15.4. The highest BCUT2D eigenvalue weighted by Crippen LogP contribution is 2.35. The van der Waals surface area contributed by atoms with E-state index in [0.717, 1.165) is 6.07 Å². The number of hydrogen-bond donors (Lipinski definition) is 2. The third kappa shape index (κ3) is 3.44. The number of hydrogen-bond acceptors (Lipinski definition) is 3. The maximum absolute atomic E-state index is 14.4. The van der Waals surface area contributed by atoms with Crippen LogP contribution in [0.15, 0.2) is 43.0 Å². The molecular weight excluding hydrogens is 389 g/mol. The van der Waals surface area contributed by atoms with Gasteiger partial charge in [0.1, 0.15) is 12.4 Å². The quantitative estimate of drug-likeness (QED) is 0.336. The van der Waals surface area contributed by atoms with Gasteiger partial charge in [0.25, 0.3) is 0 Å². The lowest BCUT2D eigenvalue weighted by atomic mass is 10.2. The fourth-order valence-electron chi connectivity index (χ4n) is 1.70. The first-order chi connectivity index (χ1) is 10.0. The summed E-state index contributed by atoms with van der Waals surface area (Å²) >= 11 is 1.70. The van der Waals surface area contributed by atoms with Crippen LogP contribution in [-0.2, 0) is 0 Å². The van der Waals surface area contributed by atoms with Crippen LogP contribution in [0.25, 0.3) is 0 Å². The van der Waals surface area contributed by atoms with Gasteiger partial charge in [-0.3, -0.25) is 0 Å². The number of anilines is 3. The van der Waals surface area contributed by atoms with Gasteiger partial charge < -0.3 is 15.8 Å². The zero-order valence-electron chi connectivity index (χ0n) is 11.0. The molecule has 0 fully saturated rings. The van der Waals surface area contributed by atoms with E-state index in [9.17, 15) is 8.78 Å². The SMILES string of the molecule is C=CCOc1c(F)c(Nc2ccccc2N)cc(F)c1I. The maximum Gasteiger partial charge on any atom is 0.189 e. The number of nitrogens with two attached hydrogens (primary N) is 1. The van der Waals surface area contributed by atoms with Crippen LogP contribution in [0.3, 0.4) is 0 Å². The molecule has 0 saturated heterocycles. The zero-order valence-corrected chi connectivity index (χ0v) is 13.2. The van der Waals surface area contributed by atoms with Crippen molar-refractivity contribution in [2.75, 3.05) is 17.7 Å². The average Bonchev–Trinajstić information content (AvgIpc) is 2.47. The first kappa shape index (κ1) is 15.6.